The zero-order valence-electron chi connectivity index (χ0n) is 14.7. The number of aliphatic carboxylic acids is 1. The Morgan fingerprint density at radius 2 is 1.78 bits per heavy atom. The van der Waals surface area contributed by atoms with Gasteiger partial charge in [-0.1, -0.05) is 30.3 Å². The second kappa shape index (κ2) is 6.87. The average molecular weight is 364 g/mol. The van der Waals surface area contributed by atoms with Gasteiger partial charge in [-0.2, -0.15) is 0 Å². The quantitative estimate of drug-likeness (QED) is 0.853. The highest BCUT2D eigenvalue weighted by atomic mass is 16.4. The van der Waals surface area contributed by atoms with E-state index < -0.39 is 17.8 Å². The summed E-state index contributed by atoms with van der Waals surface area (Å²) in [7, 11) is 0. The fourth-order valence-corrected chi connectivity index (χ4v) is 3.57. The summed E-state index contributed by atoms with van der Waals surface area (Å²) in [6.07, 6.45) is 1.57. The van der Waals surface area contributed by atoms with E-state index in [1.165, 1.54) is 5.56 Å². The molecule has 2 unspecified atom stereocenters. The first-order chi connectivity index (χ1) is 13.0. The van der Waals surface area contributed by atoms with E-state index in [2.05, 4.69) is 11.4 Å². The van der Waals surface area contributed by atoms with Crippen molar-refractivity contribution in [1.29, 1.82) is 0 Å². The van der Waals surface area contributed by atoms with E-state index in [0.717, 1.165) is 17.7 Å². The van der Waals surface area contributed by atoms with Gasteiger partial charge < -0.3 is 15.3 Å². The van der Waals surface area contributed by atoms with Crippen molar-refractivity contribution < 1.29 is 19.5 Å². The molecule has 2 aromatic rings. The Balaban J connectivity index is 1.35. The fraction of sp³-hybridized carbons (Fsp3) is 0.286. The van der Waals surface area contributed by atoms with E-state index in [-0.39, 0.29) is 11.8 Å². The second-order valence-corrected chi connectivity index (χ2v) is 7.07. The number of carboxylic acids is 1. The summed E-state index contributed by atoms with van der Waals surface area (Å²) in [5.41, 5.74) is 3.67. The molecule has 1 heterocycles. The molecule has 0 bridgehead atoms. The van der Waals surface area contributed by atoms with Gasteiger partial charge in [0.15, 0.2) is 0 Å². The van der Waals surface area contributed by atoms with Crippen LogP contribution in [-0.2, 0) is 27.2 Å². The first-order valence-electron chi connectivity index (χ1n) is 9.04. The number of carbonyl (C=O) groups excluding carboxylic acids is 2. The number of para-hydroxylation sites is 1. The van der Waals surface area contributed by atoms with E-state index in [0.29, 0.717) is 25.1 Å². The third-order valence-electron chi connectivity index (χ3n) is 5.21. The molecule has 0 saturated heterocycles. The van der Waals surface area contributed by atoms with Crippen LogP contribution in [0.4, 0.5) is 11.4 Å². The molecule has 1 aliphatic heterocycles. The third kappa shape index (κ3) is 3.56. The first-order valence-corrected chi connectivity index (χ1v) is 9.04. The molecule has 27 heavy (non-hydrogen) atoms. The molecule has 0 spiro atoms. The van der Waals surface area contributed by atoms with E-state index in [1.54, 1.807) is 12.1 Å². The van der Waals surface area contributed by atoms with Crippen molar-refractivity contribution in [3.05, 3.63) is 59.7 Å². The molecule has 6 nitrogen and oxygen atoms in total. The number of fused-ring (bicyclic) bond motifs is 1. The van der Waals surface area contributed by atoms with Crippen LogP contribution in [0.1, 0.15) is 17.5 Å². The van der Waals surface area contributed by atoms with Crippen molar-refractivity contribution >= 4 is 29.2 Å². The number of carboxylic acid groups (broad SMARTS) is 1. The van der Waals surface area contributed by atoms with Gasteiger partial charge in [0.2, 0.25) is 11.8 Å². The number of hydrogen-bond donors (Lipinski definition) is 2. The summed E-state index contributed by atoms with van der Waals surface area (Å²) in [6.45, 7) is 0.707. The highest BCUT2D eigenvalue weighted by Crippen LogP contribution is 2.39. The van der Waals surface area contributed by atoms with Gasteiger partial charge in [-0.05, 0) is 42.2 Å². The van der Waals surface area contributed by atoms with Gasteiger partial charge in [-0.3, -0.25) is 14.4 Å². The van der Waals surface area contributed by atoms with Gasteiger partial charge in [-0.15, -0.1) is 0 Å². The van der Waals surface area contributed by atoms with Crippen molar-refractivity contribution in [2.45, 2.75) is 19.3 Å². The summed E-state index contributed by atoms with van der Waals surface area (Å²) in [4.78, 5) is 37.3. The molecule has 138 valence electrons. The van der Waals surface area contributed by atoms with Gasteiger partial charge in [0.05, 0.1) is 18.3 Å². The second-order valence-electron chi connectivity index (χ2n) is 7.07. The monoisotopic (exact) mass is 364 g/mol. The fourth-order valence-electron chi connectivity index (χ4n) is 3.57. The van der Waals surface area contributed by atoms with Crippen LogP contribution >= 0.6 is 0 Å². The van der Waals surface area contributed by atoms with Crippen LogP contribution in [0.15, 0.2) is 48.5 Å². The lowest BCUT2D eigenvalue weighted by Crippen LogP contribution is -2.30. The molecule has 2 atom stereocenters. The number of anilines is 2. The van der Waals surface area contributed by atoms with Crippen LogP contribution in [0.2, 0.25) is 0 Å². The Hall–Kier alpha value is -3.15. The lowest BCUT2D eigenvalue weighted by molar-refractivity contribution is -0.139. The van der Waals surface area contributed by atoms with Gasteiger partial charge in [0, 0.05) is 17.9 Å². The van der Waals surface area contributed by atoms with Crippen LogP contribution in [0.3, 0.4) is 0 Å². The van der Waals surface area contributed by atoms with Gasteiger partial charge >= 0.3 is 5.97 Å². The summed E-state index contributed by atoms with van der Waals surface area (Å²) in [5.74, 6) is -2.14. The van der Waals surface area contributed by atoms with Crippen LogP contribution in [0.5, 0.6) is 0 Å². The number of nitrogens with one attached hydrogen (secondary N) is 1. The van der Waals surface area contributed by atoms with Gasteiger partial charge in [0.1, 0.15) is 0 Å². The first kappa shape index (κ1) is 17.3. The SMILES string of the molecule is O=C(O)C1CC1C(=O)Nc1ccc(CC(=O)N2CCc3ccccc32)cc1. The smallest absolute Gasteiger partial charge is 0.307 e. The normalized spacial score (nSPS) is 20.1. The largest absolute Gasteiger partial charge is 0.481 e. The summed E-state index contributed by atoms with van der Waals surface area (Å²) in [6, 6.07) is 15.1. The number of hydrogen-bond acceptors (Lipinski definition) is 3. The minimum absolute atomic E-state index is 0.0546. The molecular weight excluding hydrogens is 344 g/mol. The molecule has 2 N–H and O–H groups in total. The molecule has 2 aromatic carbocycles. The van der Waals surface area contributed by atoms with Crippen LogP contribution in [0.25, 0.3) is 0 Å². The highest BCUT2D eigenvalue weighted by Gasteiger charge is 2.48. The molecule has 0 radical (unpaired) electrons. The number of rotatable bonds is 5. The molecule has 2 amide bonds. The summed E-state index contributed by atoms with van der Waals surface area (Å²) < 4.78 is 0. The number of amides is 2. The van der Waals surface area contributed by atoms with Crippen molar-refractivity contribution in [3.8, 4) is 0 Å². The zero-order chi connectivity index (χ0) is 19.0. The summed E-state index contributed by atoms with van der Waals surface area (Å²) >= 11 is 0. The van der Waals surface area contributed by atoms with E-state index in [9.17, 15) is 14.4 Å². The predicted octanol–water partition coefficient (Wildman–Crippen LogP) is 2.48. The average Bonchev–Trinajstić information content (AvgIpc) is 3.36. The standard InChI is InChI=1S/C21H20N2O4/c24-19(23-10-9-14-3-1-2-4-18(14)23)11-13-5-7-15(8-6-13)22-20(25)16-12-17(16)21(26)27/h1-8,16-17H,9-12H2,(H,22,25)(H,26,27). The summed E-state index contributed by atoms with van der Waals surface area (Å²) in [5, 5.41) is 11.6. The lowest BCUT2D eigenvalue weighted by Gasteiger charge is -2.17. The lowest BCUT2D eigenvalue weighted by atomic mass is 10.1. The number of benzene rings is 2. The molecule has 6 heteroatoms. The molecule has 0 aromatic heterocycles. The third-order valence-corrected chi connectivity index (χ3v) is 5.21. The highest BCUT2D eigenvalue weighted by molar-refractivity contribution is 5.98. The minimum atomic E-state index is -0.924. The molecular formula is C21H20N2O4. The maximum Gasteiger partial charge on any atom is 0.307 e. The Labute approximate surface area is 156 Å². The molecule has 1 saturated carbocycles. The Bertz CT molecular complexity index is 907. The van der Waals surface area contributed by atoms with Crippen molar-refractivity contribution in [3.63, 3.8) is 0 Å². The van der Waals surface area contributed by atoms with Crippen LogP contribution in [0, 0.1) is 11.8 Å². The van der Waals surface area contributed by atoms with Gasteiger partial charge in [0.25, 0.3) is 0 Å². The van der Waals surface area contributed by atoms with Crippen LogP contribution in [-0.4, -0.2) is 29.4 Å². The zero-order valence-corrected chi connectivity index (χ0v) is 14.7. The van der Waals surface area contributed by atoms with Crippen molar-refractivity contribution in [2.75, 3.05) is 16.8 Å². The van der Waals surface area contributed by atoms with Gasteiger partial charge in [-0.25, -0.2) is 0 Å². The Morgan fingerprint density at radius 3 is 2.48 bits per heavy atom. The number of nitrogens with zero attached hydrogens (tertiary/aromatic N) is 1. The predicted molar refractivity (Wildman–Crippen MR) is 101 cm³/mol. The van der Waals surface area contributed by atoms with E-state index in [1.807, 2.05) is 35.2 Å². The van der Waals surface area contributed by atoms with E-state index in [4.69, 9.17) is 5.11 Å². The Morgan fingerprint density at radius 1 is 1.04 bits per heavy atom. The minimum Gasteiger partial charge on any atom is -0.481 e. The molecule has 2 aliphatic rings. The van der Waals surface area contributed by atoms with Crippen molar-refractivity contribution in [1.82, 2.24) is 0 Å². The van der Waals surface area contributed by atoms with Crippen molar-refractivity contribution in [2.24, 2.45) is 11.8 Å². The van der Waals surface area contributed by atoms with Crippen LogP contribution < -0.4 is 10.2 Å². The maximum atomic E-state index is 12.6. The molecule has 1 fully saturated rings. The number of carbonyl (C=O) groups is 3. The maximum absolute atomic E-state index is 12.6. The van der Waals surface area contributed by atoms with E-state index >= 15 is 0 Å². The molecule has 1 aliphatic carbocycles. The Kier molecular flexibility index (Phi) is 4.39. The molecule has 4 rings (SSSR count). The topological polar surface area (TPSA) is 86.7 Å².